The summed E-state index contributed by atoms with van der Waals surface area (Å²) in [5.41, 5.74) is 3.72. The second kappa shape index (κ2) is 10.6. The first kappa shape index (κ1) is 23.0. The number of benzene rings is 1. The van der Waals surface area contributed by atoms with Crippen LogP contribution in [-0.2, 0) is 6.42 Å². The van der Waals surface area contributed by atoms with Gasteiger partial charge in [-0.15, -0.1) is 0 Å². The second-order valence-electron chi connectivity index (χ2n) is 11.4. The molecule has 0 unspecified atom stereocenters. The lowest BCUT2D eigenvalue weighted by molar-refractivity contribution is -0.0379. The van der Waals surface area contributed by atoms with E-state index in [4.69, 9.17) is 0 Å². The van der Waals surface area contributed by atoms with E-state index in [9.17, 15) is 0 Å². The highest BCUT2D eigenvalue weighted by atomic mass is 14.6. The van der Waals surface area contributed by atoms with Crippen molar-refractivity contribution in [3.63, 3.8) is 0 Å². The van der Waals surface area contributed by atoms with Crippen molar-refractivity contribution < 1.29 is 0 Å². The maximum atomic E-state index is 3.81. The molecule has 170 valence electrons. The van der Waals surface area contributed by atoms with E-state index in [2.05, 4.69) is 50.0 Å². The van der Waals surface area contributed by atoms with Crippen molar-refractivity contribution in [3.05, 3.63) is 35.4 Å². The van der Waals surface area contributed by atoms with Crippen molar-refractivity contribution in [1.29, 1.82) is 0 Å². The van der Waals surface area contributed by atoms with Crippen LogP contribution in [0.1, 0.15) is 128 Å². The van der Waals surface area contributed by atoms with Crippen LogP contribution in [0.2, 0.25) is 0 Å². The predicted octanol–water partition coefficient (Wildman–Crippen LogP) is 9.11. The normalized spacial score (nSPS) is 32.5. The number of unbranched alkanes of at least 4 members (excludes halogenated alkanes) is 3. The summed E-state index contributed by atoms with van der Waals surface area (Å²) in [6.07, 6.45) is 24.1. The summed E-state index contributed by atoms with van der Waals surface area (Å²) in [5, 5.41) is 0. The van der Waals surface area contributed by atoms with Crippen LogP contribution in [0, 0.1) is 34.5 Å². The molecule has 4 aliphatic carbocycles. The topological polar surface area (TPSA) is 0 Å². The summed E-state index contributed by atoms with van der Waals surface area (Å²) in [6, 6.07) is 9.14. The van der Waals surface area contributed by atoms with Gasteiger partial charge in [-0.05, 0) is 99.2 Å². The van der Waals surface area contributed by atoms with Crippen LogP contribution in [-0.4, -0.2) is 0 Å². The highest BCUT2D eigenvalue weighted by molar-refractivity contribution is 5.38. The molecule has 0 spiro atoms. The molecule has 0 aromatic heterocycles. The summed E-state index contributed by atoms with van der Waals surface area (Å²) >= 11 is 0. The molecule has 1 aromatic carbocycles. The predicted molar refractivity (Wildman–Crippen MR) is 134 cm³/mol. The Labute approximate surface area is 193 Å². The van der Waals surface area contributed by atoms with E-state index in [0.717, 1.165) is 11.8 Å². The maximum Gasteiger partial charge on any atom is 0.0319 e. The average Bonchev–Trinajstić information content (AvgIpc) is 2.84. The van der Waals surface area contributed by atoms with Gasteiger partial charge in [0.1, 0.15) is 0 Å². The number of fused-ring (bicyclic) bond motifs is 3. The molecule has 0 radical (unpaired) electrons. The monoisotopic (exact) mass is 418 g/mol. The Morgan fingerprint density at radius 2 is 1.42 bits per heavy atom. The SMILES string of the molecule is CCCCCc1ccc(C#CC23CCC(C4CCC(CCCC)CC4)(CC2)CC3)cc1. The van der Waals surface area contributed by atoms with Crippen LogP contribution in [0.5, 0.6) is 0 Å². The van der Waals surface area contributed by atoms with E-state index in [1.54, 1.807) is 0 Å². The molecular formula is C31H46. The number of rotatable bonds is 8. The minimum Gasteiger partial charge on any atom is -0.0911 e. The molecule has 0 atom stereocenters. The van der Waals surface area contributed by atoms with Gasteiger partial charge < -0.3 is 0 Å². The number of hydrogen-bond acceptors (Lipinski definition) is 0. The van der Waals surface area contributed by atoms with Gasteiger partial charge in [-0.2, -0.15) is 0 Å². The molecule has 0 nitrogen and oxygen atoms in total. The molecule has 0 heterocycles. The van der Waals surface area contributed by atoms with Crippen LogP contribution in [0.3, 0.4) is 0 Å². The van der Waals surface area contributed by atoms with Crippen LogP contribution in [0.4, 0.5) is 0 Å². The van der Waals surface area contributed by atoms with E-state index < -0.39 is 0 Å². The first-order valence-corrected chi connectivity index (χ1v) is 13.8. The minimum absolute atomic E-state index is 0.333. The van der Waals surface area contributed by atoms with Gasteiger partial charge in [0.2, 0.25) is 0 Å². The fourth-order valence-corrected chi connectivity index (χ4v) is 7.11. The van der Waals surface area contributed by atoms with Crippen LogP contribution >= 0.6 is 0 Å². The first-order chi connectivity index (χ1) is 15.2. The summed E-state index contributed by atoms with van der Waals surface area (Å²) < 4.78 is 0. The molecule has 4 saturated carbocycles. The average molecular weight is 419 g/mol. The highest BCUT2D eigenvalue weighted by Gasteiger charge is 2.51. The third-order valence-corrected chi connectivity index (χ3v) is 9.48. The molecule has 4 aliphatic rings. The van der Waals surface area contributed by atoms with Crippen molar-refractivity contribution in [3.8, 4) is 11.8 Å². The Hall–Kier alpha value is -1.22. The quantitative estimate of drug-likeness (QED) is 0.291. The molecule has 0 aliphatic heterocycles. The number of hydrogen-bond donors (Lipinski definition) is 0. The fourth-order valence-electron chi connectivity index (χ4n) is 7.11. The molecule has 1 aromatic rings. The zero-order valence-corrected chi connectivity index (χ0v) is 20.5. The van der Waals surface area contributed by atoms with Crippen molar-refractivity contribution in [1.82, 2.24) is 0 Å². The van der Waals surface area contributed by atoms with Gasteiger partial charge in [-0.25, -0.2) is 0 Å². The minimum atomic E-state index is 0.333. The van der Waals surface area contributed by atoms with Gasteiger partial charge in [0.25, 0.3) is 0 Å². The van der Waals surface area contributed by atoms with Gasteiger partial charge in [0.05, 0.1) is 0 Å². The molecule has 2 bridgehead atoms. The molecule has 31 heavy (non-hydrogen) atoms. The zero-order chi connectivity index (χ0) is 21.6. The van der Waals surface area contributed by atoms with Gasteiger partial charge >= 0.3 is 0 Å². The summed E-state index contributed by atoms with van der Waals surface area (Å²) in [5.74, 6) is 9.47. The molecular weight excluding hydrogens is 372 g/mol. The zero-order valence-electron chi connectivity index (χ0n) is 20.5. The molecule has 5 rings (SSSR count). The second-order valence-corrected chi connectivity index (χ2v) is 11.4. The van der Waals surface area contributed by atoms with Crippen LogP contribution in [0.15, 0.2) is 24.3 Å². The Balaban J connectivity index is 1.30. The fraction of sp³-hybridized carbons (Fsp3) is 0.742. The molecule has 0 saturated heterocycles. The van der Waals surface area contributed by atoms with E-state index in [1.165, 1.54) is 120 Å². The summed E-state index contributed by atoms with van der Waals surface area (Å²) in [7, 11) is 0. The van der Waals surface area contributed by atoms with Gasteiger partial charge in [0.15, 0.2) is 0 Å². The van der Waals surface area contributed by atoms with Crippen LogP contribution in [0.25, 0.3) is 0 Å². The smallest absolute Gasteiger partial charge is 0.0319 e. The van der Waals surface area contributed by atoms with Gasteiger partial charge in [-0.1, -0.05) is 82.8 Å². The van der Waals surface area contributed by atoms with Crippen LogP contribution < -0.4 is 0 Å². The highest BCUT2D eigenvalue weighted by Crippen LogP contribution is 2.62. The summed E-state index contributed by atoms with van der Waals surface area (Å²) in [4.78, 5) is 0. The van der Waals surface area contributed by atoms with Crippen molar-refractivity contribution >= 4 is 0 Å². The Morgan fingerprint density at radius 1 is 0.774 bits per heavy atom. The van der Waals surface area contributed by atoms with Crippen molar-refractivity contribution in [2.75, 3.05) is 0 Å². The van der Waals surface area contributed by atoms with E-state index in [0.29, 0.717) is 10.8 Å². The lowest BCUT2D eigenvalue weighted by Crippen LogP contribution is -2.45. The molecule has 0 heteroatoms. The standard InChI is InChI=1S/C31H46/c1-3-5-7-9-27-10-12-28(13-11-27)18-19-30-20-23-31(24-21-30,25-22-30)29-16-14-26(15-17-29)8-6-4-2/h10-13,26,29H,3-9,14-17,20-25H2,1-2H3. The summed E-state index contributed by atoms with van der Waals surface area (Å²) in [6.45, 7) is 4.62. The van der Waals surface area contributed by atoms with E-state index in [1.807, 2.05) is 0 Å². The van der Waals surface area contributed by atoms with E-state index in [-0.39, 0.29) is 0 Å². The maximum absolute atomic E-state index is 3.81. The Bertz CT molecular complexity index is 710. The first-order valence-electron chi connectivity index (χ1n) is 13.8. The van der Waals surface area contributed by atoms with E-state index >= 15 is 0 Å². The third kappa shape index (κ3) is 5.59. The Kier molecular flexibility index (Phi) is 7.85. The van der Waals surface area contributed by atoms with Crippen molar-refractivity contribution in [2.45, 2.75) is 123 Å². The number of aryl methyl sites for hydroxylation is 1. The lowest BCUT2D eigenvalue weighted by Gasteiger charge is -2.56. The van der Waals surface area contributed by atoms with Gasteiger partial charge in [-0.3, -0.25) is 0 Å². The van der Waals surface area contributed by atoms with Gasteiger partial charge in [0, 0.05) is 11.0 Å². The Morgan fingerprint density at radius 3 is 2.03 bits per heavy atom. The molecule has 0 amide bonds. The molecule has 4 fully saturated rings. The lowest BCUT2D eigenvalue weighted by atomic mass is 9.48. The van der Waals surface area contributed by atoms with Crippen molar-refractivity contribution in [2.24, 2.45) is 22.7 Å². The molecule has 0 N–H and O–H groups in total. The largest absolute Gasteiger partial charge is 0.0911 e. The third-order valence-electron chi connectivity index (χ3n) is 9.48.